The third-order valence-electron chi connectivity index (χ3n) is 5.88. The predicted octanol–water partition coefficient (Wildman–Crippen LogP) is 0.692. The topological polar surface area (TPSA) is 62.8 Å². The molecule has 0 aliphatic carbocycles. The number of piperazine rings is 1. The van der Waals surface area contributed by atoms with Crippen molar-refractivity contribution < 1.29 is 0 Å². The number of likely N-dealkylation sites (N-methyl/N-ethyl adjacent to an activating group) is 1. The number of piperidine rings is 1. The fraction of sp³-hybridized carbons (Fsp3) is 0.941. The summed E-state index contributed by atoms with van der Waals surface area (Å²) in [6, 6.07) is 0.428. The minimum atomic E-state index is 0.192. The minimum Gasteiger partial charge on any atom is -0.370 e. The van der Waals surface area contributed by atoms with Crippen molar-refractivity contribution in [1.29, 1.82) is 5.41 Å². The third kappa shape index (κ3) is 5.06. The molecule has 134 valence electrons. The first-order valence-corrected chi connectivity index (χ1v) is 9.02. The molecule has 0 aromatic carbocycles. The molecule has 0 aromatic heterocycles. The fourth-order valence-corrected chi connectivity index (χ4v) is 3.72. The molecule has 2 heterocycles. The van der Waals surface area contributed by atoms with E-state index in [2.05, 4.69) is 35.6 Å². The van der Waals surface area contributed by atoms with Crippen molar-refractivity contribution in [2.24, 2.45) is 5.73 Å². The molecule has 23 heavy (non-hydrogen) atoms. The van der Waals surface area contributed by atoms with Gasteiger partial charge in [-0.2, -0.15) is 0 Å². The highest BCUT2D eigenvalue weighted by molar-refractivity contribution is 5.74. The maximum Gasteiger partial charge on any atom is 0.188 e. The molecule has 0 atom stereocenters. The Hall–Kier alpha value is -0.850. The van der Waals surface area contributed by atoms with Gasteiger partial charge in [0.05, 0.1) is 0 Å². The fourth-order valence-electron chi connectivity index (χ4n) is 3.72. The van der Waals surface area contributed by atoms with Crippen molar-refractivity contribution in [3.05, 3.63) is 0 Å². The zero-order valence-corrected chi connectivity index (χ0v) is 15.5. The second kappa shape index (κ2) is 7.81. The summed E-state index contributed by atoms with van der Waals surface area (Å²) in [5, 5.41) is 7.58. The first-order chi connectivity index (χ1) is 10.8. The van der Waals surface area contributed by atoms with Crippen LogP contribution in [-0.2, 0) is 0 Å². The van der Waals surface area contributed by atoms with E-state index in [1.807, 2.05) is 11.9 Å². The van der Waals surface area contributed by atoms with Crippen LogP contribution in [0.1, 0.15) is 33.1 Å². The van der Waals surface area contributed by atoms with Gasteiger partial charge >= 0.3 is 0 Å². The lowest BCUT2D eigenvalue weighted by Crippen LogP contribution is -2.54. The molecule has 0 bridgehead atoms. The van der Waals surface area contributed by atoms with E-state index in [1.54, 1.807) is 0 Å². The van der Waals surface area contributed by atoms with E-state index in [1.165, 1.54) is 39.1 Å². The van der Waals surface area contributed by atoms with Crippen LogP contribution >= 0.6 is 0 Å². The summed E-state index contributed by atoms with van der Waals surface area (Å²) < 4.78 is 0. The number of hydrogen-bond donors (Lipinski definition) is 2. The van der Waals surface area contributed by atoms with E-state index in [-0.39, 0.29) is 11.5 Å². The molecule has 2 aliphatic rings. The largest absolute Gasteiger partial charge is 0.370 e. The van der Waals surface area contributed by atoms with Gasteiger partial charge in [0.2, 0.25) is 0 Å². The smallest absolute Gasteiger partial charge is 0.188 e. The zero-order chi connectivity index (χ0) is 17.0. The van der Waals surface area contributed by atoms with E-state index in [4.69, 9.17) is 11.1 Å². The van der Waals surface area contributed by atoms with Gasteiger partial charge in [0.15, 0.2) is 5.96 Å². The van der Waals surface area contributed by atoms with Gasteiger partial charge in [-0.05, 0) is 46.7 Å². The Kier molecular flexibility index (Phi) is 6.28. The van der Waals surface area contributed by atoms with Gasteiger partial charge in [0.25, 0.3) is 0 Å². The Balaban J connectivity index is 1.76. The average molecular weight is 325 g/mol. The molecule has 0 unspecified atom stereocenters. The Morgan fingerprint density at radius 3 is 2.22 bits per heavy atom. The van der Waals surface area contributed by atoms with Crippen molar-refractivity contribution in [1.82, 2.24) is 19.6 Å². The summed E-state index contributed by atoms with van der Waals surface area (Å²) in [5.41, 5.74) is 5.87. The van der Waals surface area contributed by atoms with Crippen LogP contribution < -0.4 is 5.73 Å². The summed E-state index contributed by atoms with van der Waals surface area (Å²) in [5.74, 6) is 0.192. The van der Waals surface area contributed by atoms with Crippen LogP contribution in [-0.4, -0.2) is 97.0 Å². The van der Waals surface area contributed by atoms with E-state index in [9.17, 15) is 0 Å². The number of rotatable bonds is 5. The molecule has 0 aromatic rings. The highest BCUT2D eigenvalue weighted by Gasteiger charge is 2.32. The molecule has 0 saturated carbocycles. The van der Waals surface area contributed by atoms with Gasteiger partial charge < -0.3 is 20.4 Å². The maximum atomic E-state index is 7.58. The van der Waals surface area contributed by atoms with Crippen molar-refractivity contribution in [2.75, 3.05) is 59.9 Å². The summed E-state index contributed by atoms with van der Waals surface area (Å²) in [6.45, 7) is 13.0. The van der Waals surface area contributed by atoms with Crippen molar-refractivity contribution >= 4 is 5.96 Å². The van der Waals surface area contributed by atoms with Crippen LogP contribution in [0.2, 0.25) is 0 Å². The predicted molar refractivity (Wildman–Crippen MR) is 96.9 cm³/mol. The monoisotopic (exact) mass is 324 g/mol. The number of nitrogens with one attached hydrogen (secondary N) is 1. The Morgan fingerprint density at radius 1 is 1.13 bits per heavy atom. The molecule has 0 radical (unpaired) electrons. The van der Waals surface area contributed by atoms with Gasteiger partial charge in [0.1, 0.15) is 0 Å². The Morgan fingerprint density at radius 2 is 1.70 bits per heavy atom. The van der Waals surface area contributed by atoms with Gasteiger partial charge in [-0.25, -0.2) is 0 Å². The SMILES string of the molecule is CN1CCN(CCC(C)(C)N2CCC(N(C)C(=N)N)CC2)CC1. The molecule has 0 amide bonds. The zero-order valence-electron chi connectivity index (χ0n) is 15.5. The summed E-state index contributed by atoms with van der Waals surface area (Å²) in [7, 11) is 4.16. The van der Waals surface area contributed by atoms with E-state index >= 15 is 0 Å². The molecule has 3 N–H and O–H groups in total. The summed E-state index contributed by atoms with van der Waals surface area (Å²) in [4.78, 5) is 9.58. The summed E-state index contributed by atoms with van der Waals surface area (Å²) >= 11 is 0. The van der Waals surface area contributed by atoms with Crippen LogP contribution in [0.3, 0.4) is 0 Å². The highest BCUT2D eigenvalue weighted by atomic mass is 15.3. The van der Waals surface area contributed by atoms with E-state index in [0.29, 0.717) is 6.04 Å². The van der Waals surface area contributed by atoms with Gasteiger partial charge in [0, 0.05) is 57.9 Å². The van der Waals surface area contributed by atoms with Crippen molar-refractivity contribution in [2.45, 2.75) is 44.7 Å². The van der Waals surface area contributed by atoms with Gasteiger partial charge in [-0.1, -0.05) is 0 Å². The van der Waals surface area contributed by atoms with Crippen LogP contribution in [0.5, 0.6) is 0 Å². The van der Waals surface area contributed by atoms with Crippen LogP contribution in [0.4, 0.5) is 0 Å². The van der Waals surface area contributed by atoms with E-state index in [0.717, 1.165) is 25.9 Å². The number of nitrogens with two attached hydrogens (primary N) is 1. The molecule has 2 saturated heterocycles. The van der Waals surface area contributed by atoms with Gasteiger partial charge in [-0.3, -0.25) is 10.3 Å². The molecule has 2 aliphatic heterocycles. The first kappa shape index (κ1) is 18.5. The second-order valence-corrected chi connectivity index (χ2v) is 7.92. The number of likely N-dealkylation sites (tertiary alicyclic amines) is 1. The molecule has 0 spiro atoms. The molecule has 2 rings (SSSR count). The minimum absolute atomic E-state index is 0.192. The maximum absolute atomic E-state index is 7.58. The number of nitrogens with zero attached hydrogens (tertiary/aromatic N) is 4. The molecular weight excluding hydrogens is 288 g/mol. The quantitative estimate of drug-likeness (QED) is 0.575. The Bertz CT molecular complexity index is 381. The van der Waals surface area contributed by atoms with Crippen molar-refractivity contribution in [3.63, 3.8) is 0 Å². The van der Waals surface area contributed by atoms with Crippen LogP contribution in [0, 0.1) is 5.41 Å². The first-order valence-electron chi connectivity index (χ1n) is 9.02. The van der Waals surface area contributed by atoms with Gasteiger partial charge in [-0.15, -0.1) is 0 Å². The molecular formula is C17H36N6. The number of hydrogen-bond acceptors (Lipinski definition) is 4. The van der Waals surface area contributed by atoms with Crippen LogP contribution in [0.15, 0.2) is 0 Å². The van der Waals surface area contributed by atoms with Crippen LogP contribution in [0.25, 0.3) is 0 Å². The average Bonchev–Trinajstić information content (AvgIpc) is 2.53. The normalized spacial score (nSPS) is 23.1. The second-order valence-electron chi connectivity index (χ2n) is 7.92. The standard InChI is InChI=1S/C17H36N6/c1-17(2,7-10-22-13-11-20(3)12-14-22)23-8-5-15(6-9-23)21(4)16(18)19/h15H,5-14H2,1-4H3,(H3,18,19). The highest BCUT2D eigenvalue weighted by Crippen LogP contribution is 2.25. The lowest BCUT2D eigenvalue weighted by atomic mass is 9.92. The lowest BCUT2D eigenvalue weighted by molar-refractivity contribution is 0.0503. The third-order valence-corrected chi connectivity index (χ3v) is 5.88. The molecule has 6 heteroatoms. The van der Waals surface area contributed by atoms with Crippen molar-refractivity contribution in [3.8, 4) is 0 Å². The molecule has 2 fully saturated rings. The lowest BCUT2D eigenvalue weighted by Gasteiger charge is -2.45. The number of guanidine groups is 1. The van der Waals surface area contributed by atoms with E-state index < -0.39 is 0 Å². The molecule has 6 nitrogen and oxygen atoms in total. The Labute approximate surface area is 142 Å². The summed E-state index contributed by atoms with van der Waals surface area (Å²) in [6.07, 6.45) is 3.44.